The van der Waals surface area contributed by atoms with Crippen molar-refractivity contribution in [2.75, 3.05) is 58.3 Å². The lowest BCUT2D eigenvalue weighted by Crippen LogP contribution is -2.52. The number of carbonyl (C=O) groups excluding carboxylic acids is 1. The fourth-order valence-corrected chi connectivity index (χ4v) is 3.58. The molecule has 0 spiro atoms. The van der Waals surface area contributed by atoms with Crippen LogP contribution in [0.15, 0.2) is 12.1 Å². The molecule has 0 aliphatic carbocycles. The summed E-state index contributed by atoms with van der Waals surface area (Å²) in [5.41, 5.74) is 3.48. The second-order valence-corrected chi connectivity index (χ2v) is 7.18. The molecule has 1 fully saturated rings. The minimum absolute atomic E-state index is 0.0418. The van der Waals surface area contributed by atoms with E-state index in [9.17, 15) is 4.79 Å². The van der Waals surface area contributed by atoms with Crippen LogP contribution in [0, 0.1) is 13.8 Å². The first-order valence-electron chi connectivity index (χ1n) is 8.57. The summed E-state index contributed by atoms with van der Waals surface area (Å²) in [6, 6.07) is 4.21. The molecular formula is C18H29ClN4O. The standard InChI is InChI=1S/C18H29ClN4O/c1-14-12-15(2)17(16(19)13-14)22-8-10-23(11-9-22)18(24)20-6-5-7-21(3)4/h12-13H,5-11H2,1-4H3,(H,20,24). The van der Waals surface area contributed by atoms with Crippen molar-refractivity contribution in [3.8, 4) is 0 Å². The van der Waals surface area contributed by atoms with E-state index in [4.69, 9.17) is 11.6 Å². The Morgan fingerprint density at radius 2 is 1.88 bits per heavy atom. The van der Waals surface area contributed by atoms with Gasteiger partial charge in [-0.15, -0.1) is 0 Å². The van der Waals surface area contributed by atoms with Crippen LogP contribution < -0.4 is 10.2 Å². The van der Waals surface area contributed by atoms with Gasteiger partial charge in [-0.2, -0.15) is 0 Å². The van der Waals surface area contributed by atoms with Crippen molar-refractivity contribution in [1.29, 1.82) is 0 Å². The third-order valence-electron chi connectivity index (χ3n) is 4.34. The molecule has 1 aliphatic heterocycles. The van der Waals surface area contributed by atoms with E-state index < -0.39 is 0 Å². The molecule has 0 atom stereocenters. The van der Waals surface area contributed by atoms with Crippen molar-refractivity contribution in [2.24, 2.45) is 0 Å². The molecule has 0 radical (unpaired) electrons. The lowest BCUT2D eigenvalue weighted by atomic mass is 10.1. The van der Waals surface area contributed by atoms with Crippen LogP contribution in [0.2, 0.25) is 5.02 Å². The van der Waals surface area contributed by atoms with Gasteiger partial charge in [-0.05, 0) is 58.1 Å². The summed E-state index contributed by atoms with van der Waals surface area (Å²) < 4.78 is 0. The number of hydrogen-bond donors (Lipinski definition) is 1. The van der Waals surface area contributed by atoms with E-state index >= 15 is 0 Å². The molecule has 1 N–H and O–H groups in total. The van der Waals surface area contributed by atoms with Crippen molar-refractivity contribution in [1.82, 2.24) is 15.1 Å². The molecule has 2 amide bonds. The first kappa shape index (κ1) is 18.9. The largest absolute Gasteiger partial charge is 0.367 e. The van der Waals surface area contributed by atoms with Gasteiger partial charge in [0.15, 0.2) is 0 Å². The molecule has 1 saturated heterocycles. The SMILES string of the molecule is Cc1cc(C)c(N2CCN(C(=O)NCCCN(C)C)CC2)c(Cl)c1. The number of urea groups is 1. The highest BCUT2D eigenvalue weighted by Crippen LogP contribution is 2.31. The highest BCUT2D eigenvalue weighted by atomic mass is 35.5. The number of rotatable bonds is 5. The zero-order chi connectivity index (χ0) is 17.7. The number of carbonyl (C=O) groups is 1. The summed E-state index contributed by atoms with van der Waals surface area (Å²) in [6.07, 6.45) is 0.969. The number of hydrogen-bond acceptors (Lipinski definition) is 3. The topological polar surface area (TPSA) is 38.8 Å². The molecule has 0 unspecified atom stereocenters. The summed E-state index contributed by atoms with van der Waals surface area (Å²) in [6.45, 7) is 8.94. The van der Waals surface area contributed by atoms with Gasteiger partial charge in [0.25, 0.3) is 0 Å². The van der Waals surface area contributed by atoms with Crippen molar-refractivity contribution in [3.05, 3.63) is 28.3 Å². The van der Waals surface area contributed by atoms with Gasteiger partial charge in [-0.1, -0.05) is 17.7 Å². The number of halogens is 1. The first-order chi connectivity index (χ1) is 11.4. The van der Waals surface area contributed by atoms with E-state index in [0.29, 0.717) is 0 Å². The Kier molecular flexibility index (Phi) is 6.75. The zero-order valence-electron chi connectivity index (χ0n) is 15.2. The lowest BCUT2D eigenvalue weighted by Gasteiger charge is -2.37. The molecule has 5 nitrogen and oxygen atoms in total. The van der Waals surface area contributed by atoms with Gasteiger partial charge in [-0.25, -0.2) is 4.79 Å². The maximum atomic E-state index is 12.2. The van der Waals surface area contributed by atoms with Crippen LogP contribution in [0.5, 0.6) is 0 Å². The summed E-state index contributed by atoms with van der Waals surface area (Å²) in [4.78, 5) is 18.5. The number of piperazine rings is 1. The van der Waals surface area contributed by atoms with E-state index in [1.807, 2.05) is 25.1 Å². The van der Waals surface area contributed by atoms with E-state index in [1.54, 1.807) is 0 Å². The molecule has 1 aliphatic rings. The number of nitrogens with zero attached hydrogens (tertiary/aromatic N) is 3. The molecule has 24 heavy (non-hydrogen) atoms. The molecule has 1 aromatic rings. The van der Waals surface area contributed by atoms with Crippen LogP contribution in [0.25, 0.3) is 0 Å². The van der Waals surface area contributed by atoms with E-state index in [1.165, 1.54) is 11.1 Å². The van der Waals surface area contributed by atoms with Crippen molar-refractivity contribution in [2.45, 2.75) is 20.3 Å². The van der Waals surface area contributed by atoms with Gasteiger partial charge in [0.2, 0.25) is 0 Å². The predicted molar refractivity (Wildman–Crippen MR) is 101 cm³/mol. The van der Waals surface area contributed by atoms with Crippen LogP contribution >= 0.6 is 11.6 Å². The van der Waals surface area contributed by atoms with Crippen LogP contribution in [-0.4, -0.2) is 69.2 Å². The average molecular weight is 353 g/mol. The van der Waals surface area contributed by atoms with Gasteiger partial charge < -0.3 is 20.0 Å². The smallest absolute Gasteiger partial charge is 0.317 e. The van der Waals surface area contributed by atoms with Crippen molar-refractivity contribution < 1.29 is 4.79 Å². The minimum atomic E-state index is 0.0418. The third kappa shape index (κ3) is 5.02. The normalized spacial score (nSPS) is 15.1. The van der Waals surface area contributed by atoms with Crippen LogP contribution in [0.3, 0.4) is 0 Å². The van der Waals surface area contributed by atoms with E-state index in [-0.39, 0.29) is 6.03 Å². The van der Waals surface area contributed by atoms with Crippen LogP contribution in [0.1, 0.15) is 17.5 Å². The Morgan fingerprint density at radius 1 is 1.21 bits per heavy atom. The fraction of sp³-hybridized carbons (Fsp3) is 0.611. The molecule has 1 aromatic carbocycles. The maximum absolute atomic E-state index is 12.2. The Bertz CT molecular complexity index is 545. The Labute approximate surface area is 150 Å². The Hall–Kier alpha value is -1.46. The Morgan fingerprint density at radius 3 is 2.46 bits per heavy atom. The number of nitrogens with one attached hydrogen (secondary N) is 1. The molecule has 0 bridgehead atoms. The lowest BCUT2D eigenvalue weighted by molar-refractivity contribution is 0.194. The molecular weight excluding hydrogens is 324 g/mol. The summed E-state index contributed by atoms with van der Waals surface area (Å²) >= 11 is 6.44. The predicted octanol–water partition coefficient (Wildman–Crippen LogP) is 2.74. The number of aryl methyl sites for hydroxylation is 2. The van der Waals surface area contributed by atoms with Crippen LogP contribution in [-0.2, 0) is 0 Å². The van der Waals surface area contributed by atoms with Gasteiger partial charge in [0.1, 0.15) is 0 Å². The van der Waals surface area contributed by atoms with E-state index in [0.717, 1.165) is 56.4 Å². The number of benzene rings is 1. The molecule has 0 saturated carbocycles. The second-order valence-electron chi connectivity index (χ2n) is 6.78. The molecule has 2 rings (SSSR count). The zero-order valence-corrected chi connectivity index (χ0v) is 16.0. The molecule has 1 heterocycles. The number of anilines is 1. The fourth-order valence-electron chi connectivity index (χ4n) is 3.14. The molecule has 134 valence electrons. The second kappa shape index (κ2) is 8.58. The number of amides is 2. The summed E-state index contributed by atoms with van der Waals surface area (Å²) in [7, 11) is 4.08. The van der Waals surface area contributed by atoms with Gasteiger partial charge in [0, 0.05) is 32.7 Å². The minimum Gasteiger partial charge on any atom is -0.367 e. The first-order valence-corrected chi connectivity index (χ1v) is 8.95. The highest BCUT2D eigenvalue weighted by molar-refractivity contribution is 6.33. The van der Waals surface area contributed by atoms with E-state index in [2.05, 4.69) is 35.0 Å². The summed E-state index contributed by atoms with van der Waals surface area (Å²) in [5.74, 6) is 0. The highest BCUT2D eigenvalue weighted by Gasteiger charge is 2.23. The summed E-state index contributed by atoms with van der Waals surface area (Å²) in [5, 5.41) is 3.81. The quantitative estimate of drug-likeness (QED) is 0.828. The van der Waals surface area contributed by atoms with Crippen LogP contribution in [0.4, 0.5) is 10.5 Å². The van der Waals surface area contributed by atoms with Gasteiger partial charge in [0.05, 0.1) is 10.7 Å². The molecule has 6 heteroatoms. The maximum Gasteiger partial charge on any atom is 0.317 e. The average Bonchev–Trinajstić information content (AvgIpc) is 2.51. The monoisotopic (exact) mass is 352 g/mol. The van der Waals surface area contributed by atoms with Crippen molar-refractivity contribution >= 4 is 23.3 Å². The van der Waals surface area contributed by atoms with Gasteiger partial charge >= 0.3 is 6.03 Å². The third-order valence-corrected chi connectivity index (χ3v) is 4.63. The van der Waals surface area contributed by atoms with Crippen molar-refractivity contribution in [3.63, 3.8) is 0 Å². The van der Waals surface area contributed by atoms with Gasteiger partial charge in [-0.3, -0.25) is 0 Å². The molecule has 0 aromatic heterocycles. The Balaban J connectivity index is 1.84.